The largest absolute Gasteiger partial charge is 0.481 e. The fraction of sp³-hybridized carbons (Fsp3) is 0.905. The van der Waals surface area contributed by atoms with E-state index in [-0.39, 0.29) is 29.3 Å². The number of ether oxygens (including phenoxy) is 1. The number of aliphatic carboxylic acids is 1. The van der Waals surface area contributed by atoms with Crippen molar-refractivity contribution in [2.75, 3.05) is 13.1 Å². The van der Waals surface area contributed by atoms with Gasteiger partial charge >= 0.3 is 11.9 Å². The van der Waals surface area contributed by atoms with Crippen LogP contribution in [0.1, 0.15) is 152 Å². The maximum Gasteiger partial charge on any atom is 0.309 e. The van der Waals surface area contributed by atoms with Gasteiger partial charge in [0.05, 0.1) is 11.8 Å². The van der Waals surface area contributed by atoms with Gasteiger partial charge in [-0.05, 0) is 169 Å². The van der Waals surface area contributed by atoms with Crippen LogP contribution in [0.15, 0.2) is 12.2 Å². The quantitative estimate of drug-likeness (QED) is 0.188. The van der Waals surface area contributed by atoms with Crippen molar-refractivity contribution in [3.63, 3.8) is 0 Å². The van der Waals surface area contributed by atoms with Gasteiger partial charge in [-0.2, -0.15) is 0 Å². The van der Waals surface area contributed by atoms with Crippen LogP contribution in [0.5, 0.6) is 0 Å². The Bertz CT molecular complexity index is 1250. The second kappa shape index (κ2) is 11.9. The molecule has 1 N–H and O–H groups in total. The third-order valence-electron chi connectivity index (χ3n) is 17.0. The fourth-order valence-corrected chi connectivity index (χ4v) is 13.9. The fourth-order valence-electron chi connectivity index (χ4n) is 13.9. The first-order valence-corrected chi connectivity index (χ1v) is 19.7. The number of esters is 1. The number of rotatable bonds is 10. The highest BCUT2D eigenvalue weighted by Crippen LogP contribution is 2.78. The molecule has 0 saturated heterocycles. The van der Waals surface area contributed by atoms with E-state index in [2.05, 4.69) is 59.9 Å². The molecular weight excluding hydrogens is 582 g/mol. The van der Waals surface area contributed by atoms with E-state index >= 15 is 0 Å². The molecule has 0 aliphatic heterocycles. The third-order valence-corrected chi connectivity index (χ3v) is 17.0. The van der Waals surface area contributed by atoms with Crippen molar-refractivity contribution in [1.29, 1.82) is 0 Å². The van der Waals surface area contributed by atoms with E-state index in [0.717, 1.165) is 30.7 Å². The van der Waals surface area contributed by atoms with Crippen molar-refractivity contribution in [2.24, 2.45) is 62.1 Å². The number of carboxylic acid groups (broad SMARTS) is 1. The summed E-state index contributed by atoms with van der Waals surface area (Å²) in [5, 5.41) is 9.60. The van der Waals surface area contributed by atoms with Crippen LogP contribution >= 0.6 is 0 Å². The van der Waals surface area contributed by atoms with Gasteiger partial charge in [-0.15, -0.1) is 0 Å². The monoisotopic (exact) mass is 652 g/mol. The first-order valence-electron chi connectivity index (χ1n) is 19.7. The highest BCUT2D eigenvalue weighted by Gasteiger charge is 2.71. The molecule has 6 saturated carbocycles. The maximum atomic E-state index is 13.1. The molecule has 0 radical (unpaired) electrons. The smallest absolute Gasteiger partial charge is 0.309 e. The van der Waals surface area contributed by atoms with Gasteiger partial charge in [0, 0.05) is 11.5 Å². The summed E-state index contributed by atoms with van der Waals surface area (Å²) in [4.78, 5) is 27.6. The molecule has 6 aliphatic rings. The SMILES string of the molecule is C=C(C)[C@@H]1CC[C@]2(CCN(CC)C3CC3)CC[C@]3(C)[C@H](CCC4[C@@]5(C)CC[C@H](OC(=O)CC(C)(C)C(=O)O)C(C)(C)C5CC[C@]43C)C12. The van der Waals surface area contributed by atoms with Gasteiger partial charge in [0.25, 0.3) is 0 Å². The van der Waals surface area contributed by atoms with Gasteiger partial charge < -0.3 is 14.7 Å². The van der Waals surface area contributed by atoms with E-state index in [9.17, 15) is 14.7 Å². The van der Waals surface area contributed by atoms with E-state index in [1.807, 2.05) is 0 Å². The maximum absolute atomic E-state index is 13.1. The standard InChI is InChI=1S/C42H69NO4/c1-11-43(28-12-13-28)25-24-42-21-16-29(27(2)3)35(42)30-14-15-32-39(8)19-18-33(47-34(44)26-37(4,5)36(45)46)38(6,7)31(39)17-20-41(32,10)40(30,9)22-23-42/h28-33,35H,2,11-26H2,1,3-10H3,(H,45,46)/t29-,30+,31?,32?,33-,35?,39-,40+,41+,42+/m0/s1. The van der Waals surface area contributed by atoms with E-state index in [1.165, 1.54) is 89.3 Å². The van der Waals surface area contributed by atoms with Gasteiger partial charge in [0.1, 0.15) is 6.10 Å². The second-order valence-corrected chi connectivity index (χ2v) is 19.9. The van der Waals surface area contributed by atoms with E-state index in [4.69, 9.17) is 4.74 Å². The van der Waals surface area contributed by atoms with Crippen LogP contribution in [-0.2, 0) is 14.3 Å². The average Bonchev–Trinajstić information content (AvgIpc) is 3.74. The normalized spacial score (nSPS) is 44.1. The molecule has 0 bridgehead atoms. The summed E-state index contributed by atoms with van der Waals surface area (Å²) >= 11 is 0. The Morgan fingerprint density at radius 2 is 1.57 bits per heavy atom. The summed E-state index contributed by atoms with van der Waals surface area (Å²) in [5.74, 6) is 2.10. The number of hydrogen-bond donors (Lipinski definition) is 1. The van der Waals surface area contributed by atoms with Crippen LogP contribution in [-0.4, -0.2) is 47.2 Å². The molecule has 5 nitrogen and oxygen atoms in total. The van der Waals surface area contributed by atoms with Crippen molar-refractivity contribution in [3.05, 3.63) is 12.2 Å². The molecule has 0 aromatic heterocycles. The third kappa shape index (κ3) is 5.49. The van der Waals surface area contributed by atoms with Crippen molar-refractivity contribution < 1.29 is 19.4 Å². The summed E-state index contributed by atoms with van der Waals surface area (Å²) in [7, 11) is 0. The number of nitrogens with zero attached hydrogens (tertiary/aromatic N) is 1. The minimum Gasteiger partial charge on any atom is -0.481 e. The average molecular weight is 652 g/mol. The zero-order chi connectivity index (χ0) is 34.4. The van der Waals surface area contributed by atoms with Gasteiger partial charge in [-0.25, -0.2) is 0 Å². The molecule has 0 aromatic rings. The molecule has 6 fully saturated rings. The Labute approximate surface area is 287 Å². The summed E-state index contributed by atoms with van der Waals surface area (Å²) in [6.45, 7) is 27.8. The number of carbonyl (C=O) groups excluding carboxylic acids is 1. The molecule has 5 heteroatoms. The van der Waals surface area contributed by atoms with Crippen LogP contribution in [0, 0.1) is 62.1 Å². The predicted molar refractivity (Wildman–Crippen MR) is 190 cm³/mol. The van der Waals surface area contributed by atoms with Gasteiger partial charge in [0.2, 0.25) is 0 Å². The number of carboxylic acids is 1. The summed E-state index contributed by atoms with van der Waals surface area (Å²) in [6.07, 6.45) is 16.6. The van der Waals surface area contributed by atoms with Gasteiger partial charge in [0.15, 0.2) is 0 Å². The summed E-state index contributed by atoms with van der Waals surface area (Å²) in [6, 6.07) is 0.853. The summed E-state index contributed by atoms with van der Waals surface area (Å²) < 4.78 is 6.20. The number of allylic oxidation sites excluding steroid dienone is 1. The Balaban J connectivity index is 1.24. The van der Waals surface area contributed by atoms with E-state index in [1.54, 1.807) is 13.8 Å². The molecular formula is C42H69NO4. The minimum absolute atomic E-state index is 0.0812. The molecule has 0 spiro atoms. The Kier molecular flexibility index (Phi) is 8.95. The van der Waals surface area contributed by atoms with Crippen molar-refractivity contribution in [3.8, 4) is 0 Å². The molecule has 6 rings (SSSR count). The molecule has 0 heterocycles. The van der Waals surface area contributed by atoms with Crippen molar-refractivity contribution in [2.45, 2.75) is 164 Å². The predicted octanol–water partition coefficient (Wildman–Crippen LogP) is 9.93. The Morgan fingerprint density at radius 1 is 0.872 bits per heavy atom. The van der Waals surface area contributed by atoms with Crippen LogP contribution < -0.4 is 0 Å². The highest BCUT2D eigenvalue weighted by molar-refractivity contribution is 5.81. The van der Waals surface area contributed by atoms with E-state index < -0.39 is 11.4 Å². The summed E-state index contributed by atoms with van der Waals surface area (Å²) in [5.41, 5.74) is 1.55. The lowest BCUT2D eigenvalue weighted by Crippen LogP contribution is -2.66. The topological polar surface area (TPSA) is 66.8 Å². The van der Waals surface area contributed by atoms with Crippen LogP contribution in [0.4, 0.5) is 0 Å². The lowest BCUT2D eigenvalue weighted by Gasteiger charge is -2.73. The first kappa shape index (κ1) is 35.5. The molecule has 10 atom stereocenters. The number of carbonyl (C=O) groups is 2. The van der Waals surface area contributed by atoms with Gasteiger partial charge in [-0.3, -0.25) is 9.59 Å². The highest BCUT2D eigenvalue weighted by atomic mass is 16.5. The van der Waals surface area contributed by atoms with E-state index in [0.29, 0.717) is 34.0 Å². The van der Waals surface area contributed by atoms with Gasteiger partial charge in [-0.1, -0.05) is 53.7 Å². The minimum atomic E-state index is -1.11. The lowest BCUT2D eigenvalue weighted by atomic mass is 9.32. The first-order chi connectivity index (χ1) is 21.9. The molecule has 3 unspecified atom stereocenters. The molecule has 0 aromatic carbocycles. The molecule has 6 aliphatic carbocycles. The molecule has 266 valence electrons. The number of hydrogen-bond acceptors (Lipinski definition) is 4. The van der Waals surface area contributed by atoms with Crippen LogP contribution in [0.25, 0.3) is 0 Å². The molecule has 0 amide bonds. The van der Waals surface area contributed by atoms with Crippen LogP contribution in [0.2, 0.25) is 0 Å². The van der Waals surface area contributed by atoms with Crippen molar-refractivity contribution >= 4 is 11.9 Å². The zero-order valence-electron chi connectivity index (χ0n) is 31.7. The molecule has 47 heavy (non-hydrogen) atoms. The Hall–Kier alpha value is -1.36. The second-order valence-electron chi connectivity index (χ2n) is 19.9. The zero-order valence-corrected chi connectivity index (χ0v) is 31.7. The van der Waals surface area contributed by atoms with Crippen LogP contribution in [0.3, 0.4) is 0 Å². The van der Waals surface area contributed by atoms with Crippen molar-refractivity contribution in [1.82, 2.24) is 4.90 Å². The Morgan fingerprint density at radius 3 is 2.19 bits per heavy atom. The number of fused-ring (bicyclic) bond motifs is 7. The lowest BCUT2D eigenvalue weighted by molar-refractivity contribution is -0.250.